The third-order valence-electron chi connectivity index (χ3n) is 4.00. The number of ketones is 1. The van der Waals surface area contributed by atoms with Crippen LogP contribution in [0.5, 0.6) is 28.7 Å². The Morgan fingerprint density at radius 1 is 0.900 bits per heavy atom. The Kier molecular flexibility index (Phi) is 8.10. The lowest BCUT2D eigenvalue weighted by Crippen LogP contribution is -2.10. The van der Waals surface area contributed by atoms with Gasteiger partial charge in [-0.1, -0.05) is 6.08 Å². The van der Waals surface area contributed by atoms with Gasteiger partial charge in [0.2, 0.25) is 5.75 Å². The highest BCUT2D eigenvalue weighted by atomic mass is 16.5. The Labute approximate surface area is 174 Å². The molecule has 2 aromatic rings. The van der Waals surface area contributed by atoms with Gasteiger partial charge in [0.05, 0.1) is 27.9 Å². The number of ether oxygens (including phenoxy) is 5. The summed E-state index contributed by atoms with van der Waals surface area (Å²) in [5.74, 6) is 0.593. The standard InChI is InChI=1S/C22H24O8/c1-5-29-22-19(27-3)10-14(11-20(22)28-4)6-8-16(23)15-7-9-17(18(12-15)26-2)30-13-21(24)25/h6-12H,5,13H2,1-4H3,(H,24,25)/b8-6+. The van der Waals surface area contributed by atoms with Gasteiger partial charge in [-0.15, -0.1) is 0 Å². The number of carboxylic acids is 1. The van der Waals surface area contributed by atoms with Gasteiger partial charge in [-0.25, -0.2) is 4.79 Å². The number of carbonyl (C=O) groups is 2. The summed E-state index contributed by atoms with van der Waals surface area (Å²) < 4.78 is 26.6. The van der Waals surface area contributed by atoms with Crippen molar-refractivity contribution in [2.24, 2.45) is 0 Å². The van der Waals surface area contributed by atoms with Crippen molar-refractivity contribution >= 4 is 17.8 Å². The lowest BCUT2D eigenvalue weighted by atomic mass is 10.1. The Morgan fingerprint density at radius 3 is 2.07 bits per heavy atom. The highest BCUT2D eigenvalue weighted by molar-refractivity contribution is 6.07. The molecule has 0 saturated carbocycles. The second-order valence-corrected chi connectivity index (χ2v) is 5.93. The monoisotopic (exact) mass is 416 g/mol. The molecule has 160 valence electrons. The van der Waals surface area contributed by atoms with Gasteiger partial charge in [0.15, 0.2) is 35.4 Å². The van der Waals surface area contributed by atoms with Crippen LogP contribution in [0.4, 0.5) is 0 Å². The highest BCUT2D eigenvalue weighted by Crippen LogP contribution is 2.39. The molecule has 8 heteroatoms. The van der Waals surface area contributed by atoms with E-state index in [0.29, 0.717) is 35.0 Å². The Hall–Kier alpha value is -3.68. The van der Waals surface area contributed by atoms with E-state index in [4.69, 9.17) is 28.8 Å². The molecular formula is C22H24O8. The predicted octanol–water partition coefficient (Wildman–Crippen LogP) is 3.47. The molecule has 0 saturated heterocycles. The first-order valence-corrected chi connectivity index (χ1v) is 9.07. The summed E-state index contributed by atoms with van der Waals surface area (Å²) in [6.45, 7) is 1.80. The van der Waals surface area contributed by atoms with E-state index in [1.807, 2.05) is 6.92 Å². The fraction of sp³-hybridized carbons (Fsp3) is 0.273. The molecule has 0 radical (unpaired) electrons. The topological polar surface area (TPSA) is 101 Å². The van der Waals surface area contributed by atoms with Gasteiger partial charge in [-0.3, -0.25) is 4.79 Å². The van der Waals surface area contributed by atoms with Crippen LogP contribution in [0.2, 0.25) is 0 Å². The molecule has 0 amide bonds. The Bertz CT molecular complexity index is 908. The molecule has 0 bridgehead atoms. The quantitative estimate of drug-likeness (QED) is 0.439. The van der Waals surface area contributed by atoms with E-state index in [1.54, 1.807) is 18.2 Å². The van der Waals surface area contributed by atoms with Crippen molar-refractivity contribution in [3.05, 3.63) is 47.5 Å². The van der Waals surface area contributed by atoms with Crippen molar-refractivity contribution in [2.75, 3.05) is 34.5 Å². The number of benzene rings is 2. The zero-order valence-electron chi connectivity index (χ0n) is 17.3. The van der Waals surface area contributed by atoms with Crippen molar-refractivity contribution < 1.29 is 38.4 Å². The van der Waals surface area contributed by atoms with Crippen LogP contribution in [0.15, 0.2) is 36.4 Å². The molecule has 0 aliphatic rings. The molecule has 0 aromatic heterocycles. The van der Waals surface area contributed by atoms with Crippen LogP contribution in [0.1, 0.15) is 22.8 Å². The van der Waals surface area contributed by atoms with Crippen molar-refractivity contribution in [1.29, 1.82) is 0 Å². The first kappa shape index (κ1) is 22.6. The number of rotatable bonds is 11. The molecule has 0 fully saturated rings. The zero-order valence-corrected chi connectivity index (χ0v) is 17.3. The summed E-state index contributed by atoms with van der Waals surface area (Å²) in [4.78, 5) is 23.2. The SMILES string of the molecule is CCOc1c(OC)cc(/C=C/C(=O)c2ccc(OCC(=O)O)c(OC)c2)cc1OC. The number of carboxylic acid groups (broad SMARTS) is 1. The van der Waals surface area contributed by atoms with E-state index in [9.17, 15) is 9.59 Å². The average molecular weight is 416 g/mol. The van der Waals surface area contributed by atoms with Gasteiger partial charge in [0.1, 0.15) is 0 Å². The molecule has 2 rings (SSSR count). The highest BCUT2D eigenvalue weighted by Gasteiger charge is 2.14. The van der Waals surface area contributed by atoms with Gasteiger partial charge in [-0.2, -0.15) is 0 Å². The second kappa shape index (κ2) is 10.8. The van der Waals surface area contributed by atoms with Crippen molar-refractivity contribution in [3.8, 4) is 28.7 Å². The van der Waals surface area contributed by atoms with E-state index in [0.717, 1.165) is 0 Å². The maximum atomic E-state index is 12.6. The largest absolute Gasteiger partial charge is 0.493 e. The van der Waals surface area contributed by atoms with Crippen LogP contribution < -0.4 is 23.7 Å². The minimum Gasteiger partial charge on any atom is -0.493 e. The zero-order chi connectivity index (χ0) is 22.1. The number of aliphatic carboxylic acids is 1. The first-order chi connectivity index (χ1) is 14.4. The summed E-state index contributed by atoms with van der Waals surface area (Å²) in [5, 5.41) is 8.73. The van der Waals surface area contributed by atoms with E-state index < -0.39 is 12.6 Å². The van der Waals surface area contributed by atoms with E-state index >= 15 is 0 Å². The van der Waals surface area contributed by atoms with Gasteiger partial charge >= 0.3 is 5.97 Å². The summed E-state index contributed by atoms with van der Waals surface area (Å²) in [6.07, 6.45) is 3.03. The summed E-state index contributed by atoms with van der Waals surface area (Å²) in [6, 6.07) is 7.99. The van der Waals surface area contributed by atoms with Crippen LogP contribution in [0.25, 0.3) is 6.08 Å². The molecule has 0 unspecified atom stereocenters. The molecular weight excluding hydrogens is 392 g/mol. The fourth-order valence-electron chi connectivity index (χ4n) is 2.63. The minimum atomic E-state index is -1.11. The molecule has 0 aliphatic heterocycles. The molecule has 0 spiro atoms. The van der Waals surface area contributed by atoms with Gasteiger partial charge in [0.25, 0.3) is 0 Å². The average Bonchev–Trinajstić information content (AvgIpc) is 2.76. The Morgan fingerprint density at radius 2 is 1.53 bits per heavy atom. The normalized spacial score (nSPS) is 10.5. The number of hydrogen-bond acceptors (Lipinski definition) is 7. The van der Waals surface area contributed by atoms with Crippen LogP contribution in [-0.4, -0.2) is 51.4 Å². The van der Waals surface area contributed by atoms with Crippen LogP contribution in [0.3, 0.4) is 0 Å². The lowest BCUT2D eigenvalue weighted by Gasteiger charge is -2.14. The van der Waals surface area contributed by atoms with Gasteiger partial charge in [-0.05, 0) is 48.9 Å². The van der Waals surface area contributed by atoms with Crippen LogP contribution in [0, 0.1) is 0 Å². The smallest absolute Gasteiger partial charge is 0.341 e. The third kappa shape index (κ3) is 5.66. The van der Waals surface area contributed by atoms with Gasteiger partial charge in [0, 0.05) is 5.56 Å². The molecule has 2 aromatic carbocycles. The molecule has 30 heavy (non-hydrogen) atoms. The summed E-state index contributed by atoms with van der Waals surface area (Å²) >= 11 is 0. The first-order valence-electron chi connectivity index (χ1n) is 9.07. The summed E-state index contributed by atoms with van der Waals surface area (Å²) in [5.41, 5.74) is 1.05. The van der Waals surface area contributed by atoms with E-state index in [-0.39, 0.29) is 17.3 Å². The predicted molar refractivity (Wildman–Crippen MR) is 110 cm³/mol. The molecule has 0 aliphatic carbocycles. The minimum absolute atomic E-state index is 0.237. The van der Waals surface area contributed by atoms with Crippen LogP contribution in [-0.2, 0) is 4.79 Å². The molecule has 0 heterocycles. The molecule has 1 N–H and O–H groups in total. The van der Waals surface area contributed by atoms with Crippen molar-refractivity contribution in [3.63, 3.8) is 0 Å². The lowest BCUT2D eigenvalue weighted by molar-refractivity contribution is -0.139. The van der Waals surface area contributed by atoms with Gasteiger partial charge < -0.3 is 28.8 Å². The van der Waals surface area contributed by atoms with Crippen molar-refractivity contribution in [1.82, 2.24) is 0 Å². The molecule has 8 nitrogen and oxygen atoms in total. The second-order valence-electron chi connectivity index (χ2n) is 5.93. The number of allylic oxidation sites excluding steroid dienone is 1. The third-order valence-corrected chi connectivity index (χ3v) is 4.00. The molecule has 0 atom stereocenters. The van der Waals surface area contributed by atoms with Crippen LogP contribution >= 0.6 is 0 Å². The maximum absolute atomic E-state index is 12.6. The van der Waals surface area contributed by atoms with E-state index in [1.165, 1.54) is 45.6 Å². The number of carbonyl (C=O) groups excluding carboxylic acids is 1. The number of hydrogen-bond donors (Lipinski definition) is 1. The van der Waals surface area contributed by atoms with Crippen molar-refractivity contribution in [2.45, 2.75) is 6.92 Å². The number of methoxy groups -OCH3 is 3. The Balaban J connectivity index is 2.25. The fourth-order valence-corrected chi connectivity index (χ4v) is 2.63. The van der Waals surface area contributed by atoms with E-state index in [2.05, 4.69) is 0 Å². The summed E-state index contributed by atoms with van der Waals surface area (Å²) in [7, 11) is 4.46. The maximum Gasteiger partial charge on any atom is 0.341 e.